The van der Waals surface area contributed by atoms with Crippen molar-refractivity contribution in [2.24, 2.45) is 0 Å². The average Bonchev–Trinajstić information content (AvgIpc) is 2.82. The molecule has 2 aliphatic heterocycles. The highest BCUT2D eigenvalue weighted by Gasteiger charge is 2.31. The zero-order valence-corrected chi connectivity index (χ0v) is 17.8. The van der Waals surface area contributed by atoms with Crippen molar-refractivity contribution in [2.45, 2.75) is 33.2 Å². The second-order valence-electron chi connectivity index (χ2n) is 8.10. The maximum Gasteiger partial charge on any atom is 0.241 e. The van der Waals surface area contributed by atoms with Crippen LogP contribution in [0.2, 0.25) is 0 Å². The highest BCUT2D eigenvalue weighted by Crippen LogP contribution is 2.31. The van der Waals surface area contributed by atoms with E-state index in [0.717, 1.165) is 49.2 Å². The van der Waals surface area contributed by atoms with Gasteiger partial charge in [0.25, 0.3) is 0 Å². The van der Waals surface area contributed by atoms with Crippen molar-refractivity contribution < 1.29 is 9.59 Å². The van der Waals surface area contributed by atoms with Gasteiger partial charge in [-0.05, 0) is 39.0 Å². The number of para-hydroxylation sites is 2. The number of benzene rings is 1. The Balaban J connectivity index is 1.43. The number of rotatable bonds is 3. The normalized spacial score (nSPS) is 19.8. The van der Waals surface area contributed by atoms with Crippen LogP contribution in [0.1, 0.15) is 24.7 Å². The zero-order valence-electron chi connectivity index (χ0n) is 17.8. The van der Waals surface area contributed by atoms with Crippen molar-refractivity contribution in [2.75, 3.05) is 47.8 Å². The number of nitrogens with zero attached hydrogens (tertiary/aromatic N) is 5. The molecule has 2 aliphatic rings. The molecule has 1 saturated heterocycles. The minimum Gasteiger partial charge on any atom is -0.338 e. The SMILES string of the molecule is Cc1cc(C)nc(N2CCN(CC(=O)N3c4ccccc4NC(=O)C[C@@H]3C)CC2)n1. The number of anilines is 3. The Hall–Kier alpha value is -3.00. The van der Waals surface area contributed by atoms with Crippen LogP contribution in [-0.4, -0.2) is 65.4 Å². The van der Waals surface area contributed by atoms with E-state index in [2.05, 4.69) is 25.1 Å². The number of fused-ring (bicyclic) bond motifs is 1. The van der Waals surface area contributed by atoms with E-state index in [0.29, 0.717) is 12.2 Å². The van der Waals surface area contributed by atoms with Crippen LogP contribution in [0.25, 0.3) is 0 Å². The van der Waals surface area contributed by atoms with Crippen LogP contribution < -0.4 is 15.1 Å². The lowest BCUT2D eigenvalue weighted by Crippen LogP contribution is -2.51. The lowest BCUT2D eigenvalue weighted by Gasteiger charge is -2.36. The van der Waals surface area contributed by atoms with E-state index in [1.807, 2.05) is 51.1 Å². The van der Waals surface area contributed by atoms with Gasteiger partial charge in [0.15, 0.2) is 0 Å². The first kappa shape index (κ1) is 20.3. The molecule has 1 atom stereocenters. The second-order valence-corrected chi connectivity index (χ2v) is 8.10. The van der Waals surface area contributed by atoms with E-state index in [9.17, 15) is 9.59 Å². The number of piperazine rings is 1. The minimum atomic E-state index is -0.189. The fourth-order valence-corrected chi connectivity index (χ4v) is 4.19. The third-order valence-electron chi connectivity index (χ3n) is 5.61. The van der Waals surface area contributed by atoms with Crippen molar-refractivity contribution >= 4 is 29.1 Å². The van der Waals surface area contributed by atoms with Gasteiger partial charge in [0.1, 0.15) is 0 Å². The van der Waals surface area contributed by atoms with E-state index < -0.39 is 0 Å². The van der Waals surface area contributed by atoms with E-state index >= 15 is 0 Å². The molecule has 30 heavy (non-hydrogen) atoms. The molecule has 0 aliphatic carbocycles. The number of aromatic nitrogens is 2. The first-order valence-corrected chi connectivity index (χ1v) is 10.4. The fourth-order valence-electron chi connectivity index (χ4n) is 4.19. The first-order chi connectivity index (χ1) is 14.4. The molecule has 0 bridgehead atoms. The summed E-state index contributed by atoms with van der Waals surface area (Å²) in [5.74, 6) is 0.716. The molecule has 2 amide bonds. The molecule has 4 rings (SSSR count). The molecule has 0 spiro atoms. The number of carbonyl (C=O) groups excluding carboxylic acids is 2. The molecule has 8 heteroatoms. The van der Waals surface area contributed by atoms with Crippen LogP contribution in [0, 0.1) is 13.8 Å². The number of nitrogens with one attached hydrogen (secondary N) is 1. The van der Waals surface area contributed by atoms with E-state index in [1.54, 1.807) is 4.90 Å². The van der Waals surface area contributed by atoms with Gasteiger partial charge in [-0.25, -0.2) is 9.97 Å². The summed E-state index contributed by atoms with van der Waals surface area (Å²) < 4.78 is 0. The lowest BCUT2D eigenvalue weighted by molar-refractivity contribution is -0.120. The van der Waals surface area contributed by atoms with Crippen LogP contribution in [0.15, 0.2) is 30.3 Å². The smallest absolute Gasteiger partial charge is 0.241 e. The Bertz CT molecular complexity index is 934. The highest BCUT2D eigenvalue weighted by molar-refractivity contribution is 6.04. The summed E-state index contributed by atoms with van der Waals surface area (Å²) in [5.41, 5.74) is 3.39. The maximum absolute atomic E-state index is 13.2. The van der Waals surface area contributed by atoms with Gasteiger partial charge in [0.2, 0.25) is 17.8 Å². The maximum atomic E-state index is 13.2. The monoisotopic (exact) mass is 408 g/mol. The van der Waals surface area contributed by atoms with Gasteiger partial charge in [-0.2, -0.15) is 0 Å². The Morgan fingerprint density at radius 3 is 2.47 bits per heavy atom. The van der Waals surface area contributed by atoms with Crippen LogP contribution in [0.5, 0.6) is 0 Å². The van der Waals surface area contributed by atoms with Gasteiger partial charge in [0.05, 0.1) is 17.9 Å². The Morgan fingerprint density at radius 2 is 1.77 bits per heavy atom. The molecular formula is C22H28N6O2. The first-order valence-electron chi connectivity index (χ1n) is 10.4. The van der Waals surface area contributed by atoms with Crippen molar-refractivity contribution in [3.05, 3.63) is 41.7 Å². The zero-order chi connectivity index (χ0) is 21.3. The highest BCUT2D eigenvalue weighted by atomic mass is 16.2. The van der Waals surface area contributed by atoms with Gasteiger partial charge >= 0.3 is 0 Å². The van der Waals surface area contributed by atoms with E-state index in [1.165, 1.54) is 0 Å². The summed E-state index contributed by atoms with van der Waals surface area (Å²) in [6.07, 6.45) is 0.290. The van der Waals surface area contributed by atoms with Crippen molar-refractivity contribution in [1.29, 1.82) is 0 Å². The number of hydrogen-bond donors (Lipinski definition) is 1. The molecule has 0 unspecified atom stereocenters. The lowest BCUT2D eigenvalue weighted by atomic mass is 10.1. The van der Waals surface area contributed by atoms with Crippen molar-refractivity contribution in [3.8, 4) is 0 Å². The molecular weight excluding hydrogens is 380 g/mol. The molecule has 158 valence electrons. The summed E-state index contributed by atoms with van der Waals surface area (Å²) in [4.78, 5) is 40.6. The molecule has 0 saturated carbocycles. The van der Waals surface area contributed by atoms with Crippen molar-refractivity contribution in [1.82, 2.24) is 14.9 Å². The Morgan fingerprint density at radius 1 is 1.10 bits per heavy atom. The van der Waals surface area contributed by atoms with Gasteiger partial charge in [-0.3, -0.25) is 14.5 Å². The van der Waals surface area contributed by atoms with Crippen LogP contribution in [-0.2, 0) is 9.59 Å². The van der Waals surface area contributed by atoms with Gasteiger partial charge < -0.3 is 15.1 Å². The predicted molar refractivity (Wildman–Crippen MR) is 117 cm³/mol. The van der Waals surface area contributed by atoms with Crippen molar-refractivity contribution in [3.63, 3.8) is 0 Å². The second kappa shape index (κ2) is 8.39. The molecule has 1 aromatic carbocycles. The Labute approximate surface area is 176 Å². The summed E-state index contributed by atoms with van der Waals surface area (Å²) in [6, 6.07) is 9.28. The molecule has 1 fully saturated rings. The summed E-state index contributed by atoms with van der Waals surface area (Å²) in [6.45, 7) is 9.31. The topological polar surface area (TPSA) is 81.7 Å². The van der Waals surface area contributed by atoms with Gasteiger partial charge in [-0.1, -0.05) is 12.1 Å². The average molecular weight is 409 g/mol. The molecule has 2 aromatic rings. The largest absolute Gasteiger partial charge is 0.338 e. The van der Waals surface area contributed by atoms with Crippen LogP contribution >= 0.6 is 0 Å². The molecule has 1 aromatic heterocycles. The Kier molecular flexibility index (Phi) is 5.67. The standard InChI is InChI=1S/C22H28N6O2/c1-15-12-16(2)24-22(23-15)27-10-8-26(9-11-27)14-21(30)28-17(3)13-20(29)25-18-6-4-5-7-19(18)28/h4-7,12,17H,8-11,13-14H2,1-3H3,(H,25,29)/t17-/m0/s1. The third kappa shape index (κ3) is 4.28. The van der Waals surface area contributed by atoms with Crippen LogP contribution in [0.4, 0.5) is 17.3 Å². The van der Waals surface area contributed by atoms with E-state index in [4.69, 9.17) is 0 Å². The molecule has 3 heterocycles. The third-order valence-corrected chi connectivity index (χ3v) is 5.61. The summed E-state index contributed by atoms with van der Waals surface area (Å²) in [7, 11) is 0. The predicted octanol–water partition coefficient (Wildman–Crippen LogP) is 1.98. The number of carbonyl (C=O) groups is 2. The molecule has 1 N–H and O–H groups in total. The summed E-state index contributed by atoms with van der Waals surface area (Å²) in [5, 5.41) is 2.91. The quantitative estimate of drug-likeness (QED) is 0.836. The number of aryl methyl sites for hydroxylation is 2. The fraction of sp³-hybridized carbons (Fsp3) is 0.455. The number of hydrogen-bond acceptors (Lipinski definition) is 6. The van der Waals surface area contributed by atoms with Gasteiger partial charge in [0, 0.05) is 50.0 Å². The summed E-state index contributed by atoms with van der Waals surface area (Å²) >= 11 is 0. The molecule has 0 radical (unpaired) electrons. The van der Waals surface area contributed by atoms with E-state index in [-0.39, 0.29) is 24.3 Å². The minimum absolute atomic E-state index is 0.0163. The number of amides is 2. The van der Waals surface area contributed by atoms with Crippen LogP contribution in [0.3, 0.4) is 0 Å². The molecule has 8 nitrogen and oxygen atoms in total. The van der Waals surface area contributed by atoms with Gasteiger partial charge in [-0.15, -0.1) is 0 Å².